The molecular formula is C90H103ClN4O14. The molecule has 0 aliphatic heterocycles. The molecule has 0 aliphatic carbocycles. The topological polar surface area (TPSA) is 207 Å². The fourth-order valence-electron chi connectivity index (χ4n) is 11.9. The maximum absolute atomic E-state index is 12.8. The van der Waals surface area contributed by atoms with Crippen molar-refractivity contribution in [2.24, 2.45) is 0 Å². The third kappa shape index (κ3) is 25.8. The summed E-state index contributed by atoms with van der Waals surface area (Å²) in [7, 11) is 5.36. The number of ether oxygens (including phenoxy) is 7. The number of alkyl halides is 1. The molecule has 0 heterocycles. The maximum atomic E-state index is 12.8. The molecule has 0 saturated heterocycles. The fraction of sp³-hybridized carbons (Fsp3) is 0.289. The normalized spacial score (nSPS) is 10.4. The average molecular weight is 1500 g/mol. The van der Waals surface area contributed by atoms with E-state index in [4.69, 9.17) is 40.0 Å². The summed E-state index contributed by atoms with van der Waals surface area (Å²) in [5.74, 6) is 2.11. The summed E-state index contributed by atoms with van der Waals surface area (Å²) in [6.07, 6.45) is 10.4. The van der Waals surface area contributed by atoms with Crippen molar-refractivity contribution >= 4 is 58.7 Å². The number of para-hydroxylation sites is 4. The molecule has 574 valence electrons. The third-order valence-corrected chi connectivity index (χ3v) is 17.8. The molecule has 0 aliphatic rings. The SMILES string of the molecule is CCCCCc1cc(O)c(-c2cccc(C)c2)c(O)c1.CCCCCc1cc(O)c(-c2cccc(C)c2)c(OCN(C(=O)OC)c2ccccc2)c1.CCCCCc1cc(OCN(C(=O)OC)c2ccccc2)c(-c2cccc(C)c2)c(OCN(C(=O)OC)c2ccccc2)c1.COC(=O)N(CCl)c1ccccc1. The van der Waals surface area contributed by atoms with Gasteiger partial charge in [-0.2, -0.15) is 0 Å². The lowest BCUT2D eigenvalue weighted by Crippen LogP contribution is -2.35. The molecule has 19 heteroatoms. The van der Waals surface area contributed by atoms with E-state index < -0.39 is 24.4 Å². The zero-order valence-electron chi connectivity index (χ0n) is 64.3. The third-order valence-electron chi connectivity index (χ3n) is 17.6. The van der Waals surface area contributed by atoms with Crippen LogP contribution >= 0.6 is 11.6 Å². The molecule has 10 aromatic carbocycles. The molecule has 0 atom stereocenters. The van der Waals surface area contributed by atoms with Gasteiger partial charge in [0.05, 0.1) is 62.2 Å². The monoisotopic (exact) mass is 1500 g/mol. The van der Waals surface area contributed by atoms with Crippen molar-refractivity contribution in [2.75, 3.05) is 74.2 Å². The average Bonchev–Trinajstić information content (AvgIpc) is 0.800. The van der Waals surface area contributed by atoms with Crippen molar-refractivity contribution < 1.29 is 67.7 Å². The molecular weight excluding hydrogens is 1400 g/mol. The first-order valence-electron chi connectivity index (χ1n) is 36.7. The Morgan fingerprint density at radius 1 is 0.321 bits per heavy atom. The highest BCUT2D eigenvalue weighted by molar-refractivity contribution is 6.21. The van der Waals surface area contributed by atoms with Gasteiger partial charge in [0, 0.05) is 5.69 Å². The molecule has 4 amide bonds. The van der Waals surface area contributed by atoms with E-state index in [-0.39, 0.29) is 43.4 Å². The second-order valence-corrected chi connectivity index (χ2v) is 26.1. The quantitative estimate of drug-likeness (QED) is 0.0131. The summed E-state index contributed by atoms with van der Waals surface area (Å²) >= 11 is 5.60. The predicted octanol–water partition coefficient (Wildman–Crippen LogP) is 22.6. The molecule has 10 rings (SSSR count). The Balaban J connectivity index is 0.000000221. The number of hydrogen-bond donors (Lipinski definition) is 3. The Bertz CT molecular complexity index is 4350. The minimum Gasteiger partial charge on any atom is -0.507 e. The summed E-state index contributed by atoms with van der Waals surface area (Å²) in [5, 5.41) is 31.4. The largest absolute Gasteiger partial charge is 0.507 e. The Hall–Kier alpha value is -11.6. The van der Waals surface area contributed by atoms with E-state index in [1.165, 1.54) is 60.9 Å². The minimum absolute atomic E-state index is 0.0483. The van der Waals surface area contributed by atoms with Crippen molar-refractivity contribution in [3.05, 3.63) is 264 Å². The van der Waals surface area contributed by atoms with Crippen molar-refractivity contribution in [3.63, 3.8) is 0 Å². The van der Waals surface area contributed by atoms with E-state index in [1.54, 1.807) is 24.3 Å². The van der Waals surface area contributed by atoms with E-state index >= 15 is 0 Å². The number of phenols is 3. The second kappa shape index (κ2) is 45.1. The van der Waals surface area contributed by atoms with Crippen molar-refractivity contribution in [1.29, 1.82) is 0 Å². The van der Waals surface area contributed by atoms with Gasteiger partial charge < -0.3 is 48.5 Å². The summed E-state index contributed by atoms with van der Waals surface area (Å²) in [5.41, 5.74) is 13.4. The zero-order chi connectivity index (χ0) is 78.5. The molecule has 3 N–H and O–H groups in total. The van der Waals surface area contributed by atoms with Crippen LogP contribution in [0.5, 0.6) is 34.5 Å². The Kier molecular flexibility index (Phi) is 35.0. The first kappa shape index (κ1) is 84.6. The van der Waals surface area contributed by atoms with Crippen LogP contribution < -0.4 is 33.8 Å². The number of nitrogens with zero attached hydrogens (tertiary/aromatic N) is 4. The van der Waals surface area contributed by atoms with Crippen LogP contribution in [0.3, 0.4) is 0 Å². The zero-order valence-corrected chi connectivity index (χ0v) is 65.0. The number of hydrogen-bond acceptors (Lipinski definition) is 14. The fourth-order valence-corrected chi connectivity index (χ4v) is 12.2. The molecule has 0 unspecified atom stereocenters. The van der Waals surface area contributed by atoms with E-state index in [1.807, 2.05) is 221 Å². The summed E-state index contributed by atoms with van der Waals surface area (Å²) in [6.45, 7) is 12.3. The lowest BCUT2D eigenvalue weighted by atomic mass is 9.97. The highest BCUT2D eigenvalue weighted by Gasteiger charge is 2.25. The Morgan fingerprint density at radius 3 is 0.890 bits per heavy atom. The van der Waals surface area contributed by atoms with Gasteiger partial charge in [-0.1, -0.05) is 222 Å². The van der Waals surface area contributed by atoms with Crippen LogP contribution in [0.15, 0.2) is 231 Å². The van der Waals surface area contributed by atoms with E-state index in [0.717, 1.165) is 120 Å². The number of carbonyl (C=O) groups is 4. The number of methoxy groups -OCH3 is 4. The number of benzene rings is 10. The van der Waals surface area contributed by atoms with E-state index in [9.17, 15) is 34.5 Å². The second-order valence-electron chi connectivity index (χ2n) is 25.8. The molecule has 0 spiro atoms. The van der Waals surface area contributed by atoms with Crippen LogP contribution in [0.25, 0.3) is 33.4 Å². The molecule has 0 fully saturated rings. The van der Waals surface area contributed by atoms with Gasteiger partial charge in [-0.15, -0.1) is 11.6 Å². The maximum Gasteiger partial charge on any atom is 0.416 e. The highest BCUT2D eigenvalue weighted by Crippen LogP contribution is 2.44. The standard InChI is InChI=1S/C36H40N2O6.C27H31NO4.C18H22O2.C9H10ClNO2/c1-5-6-9-16-28-23-32(43-25-37(35(39)41-3)30-18-10-7-11-19-30)34(29-17-14-15-27(2)22-29)33(24-28)44-26-38(36(40)42-4)31-20-12-8-13-21-31;1-4-5-7-12-21-17-24(29)26(22-13-10-11-20(2)16-22)25(18-21)32-19-28(27(30)31-3)23-14-8-6-9-15-23;1-3-4-5-8-14-11-16(19)18(17(20)12-14)15-9-6-7-13(2)10-15;1-13-9(12)11(7-10)8-5-3-2-4-6-8/h7-8,10-15,17-24H,5-6,9,16,25-26H2,1-4H3;6,8-11,13-18,29H,4-5,7,12,19H2,1-3H3;6-7,9-12,19-20H,3-5,8H2,1-2H3;2-6H,7H2,1H3. The van der Waals surface area contributed by atoms with Gasteiger partial charge in [-0.3, -0.25) is 4.90 Å². The Labute approximate surface area is 647 Å². The number of aryl methyl sites for hydroxylation is 6. The molecule has 0 radical (unpaired) electrons. The van der Waals surface area contributed by atoms with Crippen molar-refractivity contribution in [2.45, 2.75) is 119 Å². The van der Waals surface area contributed by atoms with Crippen molar-refractivity contribution in [3.8, 4) is 67.9 Å². The predicted molar refractivity (Wildman–Crippen MR) is 437 cm³/mol. The van der Waals surface area contributed by atoms with Gasteiger partial charge in [0.1, 0.15) is 40.5 Å². The van der Waals surface area contributed by atoms with Crippen LogP contribution in [-0.2, 0) is 38.2 Å². The molecule has 109 heavy (non-hydrogen) atoms. The number of phenolic OH excluding ortho intramolecular Hbond substituents is 3. The summed E-state index contributed by atoms with van der Waals surface area (Å²) in [6, 6.07) is 72.0. The van der Waals surface area contributed by atoms with Gasteiger partial charge in [-0.05, 0) is 178 Å². The van der Waals surface area contributed by atoms with E-state index in [2.05, 4.69) is 31.6 Å². The van der Waals surface area contributed by atoms with Crippen LogP contribution in [0.1, 0.15) is 112 Å². The van der Waals surface area contributed by atoms with Crippen molar-refractivity contribution in [1.82, 2.24) is 0 Å². The van der Waals surface area contributed by atoms with Gasteiger partial charge in [0.2, 0.25) is 0 Å². The first-order valence-corrected chi connectivity index (χ1v) is 37.3. The van der Waals surface area contributed by atoms with Crippen LogP contribution in [0.4, 0.5) is 41.9 Å². The van der Waals surface area contributed by atoms with Gasteiger partial charge in [0.15, 0.2) is 20.2 Å². The number of carbonyl (C=O) groups excluding carboxylic acids is 4. The smallest absolute Gasteiger partial charge is 0.416 e. The lowest BCUT2D eigenvalue weighted by Gasteiger charge is -2.25. The van der Waals surface area contributed by atoms with Crippen LogP contribution in [0, 0.1) is 20.8 Å². The Morgan fingerprint density at radius 2 is 0.587 bits per heavy atom. The number of unbranched alkanes of at least 4 members (excludes halogenated alkanes) is 6. The summed E-state index contributed by atoms with van der Waals surface area (Å²) < 4.78 is 38.7. The highest BCUT2D eigenvalue weighted by atomic mass is 35.5. The van der Waals surface area contributed by atoms with E-state index in [0.29, 0.717) is 51.0 Å². The molecule has 0 bridgehead atoms. The van der Waals surface area contributed by atoms with Gasteiger partial charge in [-0.25, -0.2) is 33.9 Å². The first-order chi connectivity index (χ1) is 52.9. The summed E-state index contributed by atoms with van der Waals surface area (Å²) in [4.78, 5) is 54.8. The number of rotatable bonds is 29. The molecule has 0 saturated carbocycles. The number of aromatic hydroxyl groups is 3. The molecule has 18 nitrogen and oxygen atoms in total. The molecule has 0 aromatic heterocycles. The lowest BCUT2D eigenvalue weighted by molar-refractivity contribution is 0.169. The van der Waals surface area contributed by atoms with Gasteiger partial charge in [0.25, 0.3) is 0 Å². The number of amides is 4. The number of anilines is 4. The van der Waals surface area contributed by atoms with Gasteiger partial charge >= 0.3 is 24.4 Å². The molecule has 10 aromatic rings. The number of halogens is 1. The van der Waals surface area contributed by atoms with Crippen LogP contribution in [-0.4, -0.2) is 94.3 Å². The van der Waals surface area contributed by atoms with Crippen LogP contribution in [0.2, 0.25) is 0 Å². The minimum atomic E-state index is -0.541.